The van der Waals surface area contributed by atoms with Gasteiger partial charge in [0.2, 0.25) is 0 Å². The Bertz CT molecular complexity index is 295. The SMILES string of the molecule is CC(C)(C)OC(=O)N1CCN(CS(=O)[O-])CC1. The highest BCUT2D eigenvalue weighted by molar-refractivity contribution is 7.79. The van der Waals surface area contributed by atoms with Crippen LogP contribution in [0.2, 0.25) is 0 Å². The van der Waals surface area contributed by atoms with E-state index in [1.165, 1.54) is 0 Å². The highest BCUT2D eigenvalue weighted by Crippen LogP contribution is 2.11. The third-order valence-corrected chi connectivity index (χ3v) is 2.89. The second kappa shape index (κ2) is 5.79. The molecule has 1 fully saturated rings. The number of carbonyl (C=O) groups is 1. The van der Waals surface area contributed by atoms with Crippen LogP contribution in [0, 0.1) is 0 Å². The molecule has 100 valence electrons. The van der Waals surface area contributed by atoms with Crippen LogP contribution in [-0.2, 0) is 15.8 Å². The molecule has 1 aliphatic rings. The van der Waals surface area contributed by atoms with E-state index in [1.807, 2.05) is 20.8 Å². The molecule has 0 saturated carbocycles. The molecule has 1 saturated heterocycles. The monoisotopic (exact) mass is 263 g/mol. The summed E-state index contributed by atoms with van der Waals surface area (Å²) in [4.78, 5) is 15.1. The molecule has 0 aliphatic carbocycles. The summed E-state index contributed by atoms with van der Waals surface area (Å²) < 4.78 is 26.3. The Morgan fingerprint density at radius 1 is 1.29 bits per heavy atom. The van der Waals surface area contributed by atoms with E-state index in [-0.39, 0.29) is 12.0 Å². The number of amides is 1. The fourth-order valence-electron chi connectivity index (χ4n) is 1.54. The summed E-state index contributed by atoms with van der Waals surface area (Å²) in [6.07, 6.45) is -0.333. The molecule has 1 amide bonds. The van der Waals surface area contributed by atoms with Crippen molar-refractivity contribution in [1.82, 2.24) is 9.80 Å². The van der Waals surface area contributed by atoms with Crippen LogP contribution >= 0.6 is 0 Å². The Morgan fingerprint density at radius 3 is 2.24 bits per heavy atom. The average Bonchev–Trinajstić information content (AvgIpc) is 2.15. The van der Waals surface area contributed by atoms with Gasteiger partial charge in [0, 0.05) is 26.2 Å². The van der Waals surface area contributed by atoms with Gasteiger partial charge in [0.15, 0.2) is 0 Å². The number of hydrogen-bond acceptors (Lipinski definition) is 5. The summed E-state index contributed by atoms with van der Waals surface area (Å²) in [6, 6.07) is 0. The Labute approximate surface area is 104 Å². The van der Waals surface area contributed by atoms with Crippen molar-refractivity contribution in [2.24, 2.45) is 0 Å². The molecule has 0 bridgehead atoms. The number of rotatable bonds is 2. The standard InChI is InChI=1S/C10H20N2O4S/c1-10(2,3)16-9(13)12-6-4-11(5-7-12)8-17(14)15/h4-8H2,1-3H3,(H,14,15)/p-1. The number of hydrogen-bond donors (Lipinski definition) is 0. The maximum Gasteiger partial charge on any atom is 0.410 e. The summed E-state index contributed by atoms with van der Waals surface area (Å²) in [7, 11) is 0. The Morgan fingerprint density at radius 2 is 1.82 bits per heavy atom. The van der Waals surface area contributed by atoms with E-state index in [9.17, 15) is 13.6 Å². The fourth-order valence-corrected chi connectivity index (χ4v) is 2.09. The molecule has 6 nitrogen and oxygen atoms in total. The highest BCUT2D eigenvalue weighted by Gasteiger charge is 2.25. The maximum atomic E-state index is 11.7. The van der Waals surface area contributed by atoms with Crippen LogP contribution < -0.4 is 0 Å². The number of carbonyl (C=O) groups excluding carboxylic acids is 1. The minimum absolute atomic E-state index is 0.0299. The van der Waals surface area contributed by atoms with Gasteiger partial charge in [-0.25, -0.2) is 4.79 Å². The van der Waals surface area contributed by atoms with Crippen LogP contribution in [0.25, 0.3) is 0 Å². The molecule has 7 heteroatoms. The lowest BCUT2D eigenvalue weighted by Gasteiger charge is -2.35. The van der Waals surface area contributed by atoms with Crippen LogP contribution in [0.4, 0.5) is 4.79 Å². The molecule has 0 aromatic carbocycles. The minimum Gasteiger partial charge on any atom is -0.771 e. The van der Waals surface area contributed by atoms with Gasteiger partial charge in [-0.2, -0.15) is 0 Å². The molecule has 1 aliphatic heterocycles. The molecule has 1 rings (SSSR count). The van der Waals surface area contributed by atoms with E-state index in [4.69, 9.17) is 4.74 Å². The lowest BCUT2D eigenvalue weighted by Crippen LogP contribution is -2.50. The van der Waals surface area contributed by atoms with E-state index in [2.05, 4.69) is 0 Å². The Hall–Kier alpha value is -0.660. The van der Waals surface area contributed by atoms with Crippen molar-refractivity contribution >= 4 is 17.2 Å². The molecule has 0 N–H and O–H groups in total. The summed E-state index contributed by atoms with van der Waals surface area (Å²) in [5.74, 6) is 0.0299. The average molecular weight is 263 g/mol. The van der Waals surface area contributed by atoms with Crippen molar-refractivity contribution in [3.63, 3.8) is 0 Å². The lowest BCUT2D eigenvalue weighted by molar-refractivity contribution is 0.0159. The van der Waals surface area contributed by atoms with Crippen LogP contribution in [0.3, 0.4) is 0 Å². The van der Waals surface area contributed by atoms with Gasteiger partial charge in [-0.15, -0.1) is 0 Å². The first kappa shape index (κ1) is 14.4. The largest absolute Gasteiger partial charge is 0.771 e. The Balaban J connectivity index is 2.36. The summed E-state index contributed by atoms with van der Waals surface area (Å²) in [5.41, 5.74) is -0.495. The second-order valence-electron chi connectivity index (χ2n) is 5.02. The number of nitrogens with zero attached hydrogens (tertiary/aromatic N) is 2. The van der Waals surface area contributed by atoms with Gasteiger partial charge < -0.3 is 14.2 Å². The molecular formula is C10H19N2O4S-. The van der Waals surface area contributed by atoms with E-state index < -0.39 is 16.7 Å². The van der Waals surface area contributed by atoms with Crippen molar-refractivity contribution in [2.45, 2.75) is 26.4 Å². The molecule has 1 unspecified atom stereocenters. The van der Waals surface area contributed by atoms with Crippen molar-refractivity contribution in [1.29, 1.82) is 0 Å². The quantitative estimate of drug-likeness (QED) is 0.673. The first-order valence-electron chi connectivity index (χ1n) is 5.54. The van der Waals surface area contributed by atoms with Gasteiger partial charge in [-0.1, -0.05) is 0 Å². The summed E-state index contributed by atoms with van der Waals surface area (Å²) in [6.45, 7) is 7.60. The highest BCUT2D eigenvalue weighted by atomic mass is 32.2. The lowest BCUT2D eigenvalue weighted by atomic mass is 10.2. The maximum absolute atomic E-state index is 11.7. The first-order chi connectivity index (χ1) is 7.78. The molecule has 0 spiro atoms. The van der Waals surface area contributed by atoms with E-state index in [0.717, 1.165) is 0 Å². The van der Waals surface area contributed by atoms with Crippen LogP contribution in [-0.4, -0.2) is 62.3 Å². The topological polar surface area (TPSA) is 72.9 Å². The zero-order valence-electron chi connectivity index (χ0n) is 10.5. The summed E-state index contributed by atoms with van der Waals surface area (Å²) in [5, 5.41) is 0. The van der Waals surface area contributed by atoms with Gasteiger partial charge >= 0.3 is 6.09 Å². The third-order valence-electron chi connectivity index (χ3n) is 2.31. The van der Waals surface area contributed by atoms with Gasteiger partial charge in [-0.05, 0) is 31.9 Å². The molecule has 0 aromatic heterocycles. The third kappa shape index (κ3) is 5.47. The first-order valence-corrected chi connectivity index (χ1v) is 6.78. The molecule has 1 atom stereocenters. The number of ether oxygens (including phenoxy) is 1. The van der Waals surface area contributed by atoms with Gasteiger partial charge in [0.25, 0.3) is 0 Å². The van der Waals surface area contributed by atoms with Gasteiger partial charge in [0.1, 0.15) is 5.60 Å². The van der Waals surface area contributed by atoms with E-state index in [1.54, 1.807) is 9.80 Å². The zero-order valence-corrected chi connectivity index (χ0v) is 11.3. The molecule has 1 heterocycles. The van der Waals surface area contributed by atoms with Crippen molar-refractivity contribution in [2.75, 3.05) is 32.1 Å². The van der Waals surface area contributed by atoms with Gasteiger partial charge in [-0.3, -0.25) is 9.11 Å². The van der Waals surface area contributed by atoms with E-state index >= 15 is 0 Å². The molecular weight excluding hydrogens is 244 g/mol. The van der Waals surface area contributed by atoms with Crippen LogP contribution in [0.15, 0.2) is 0 Å². The normalized spacial score (nSPS) is 20.1. The van der Waals surface area contributed by atoms with Crippen molar-refractivity contribution in [3.8, 4) is 0 Å². The predicted molar refractivity (Wildman–Crippen MR) is 63.2 cm³/mol. The van der Waals surface area contributed by atoms with Crippen molar-refractivity contribution < 1.29 is 18.3 Å². The number of piperazine rings is 1. The molecule has 0 radical (unpaired) electrons. The van der Waals surface area contributed by atoms with Crippen LogP contribution in [0.5, 0.6) is 0 Å². The van der Waals surface area contributed by atoms with Crippen molar-refractivity contribution in [3.05, 3.63) is 0 Å². The smallest absolute Gasteiger partial charge is 0.410 e. The Kier molecular flexibility index (Phi) is 4.91. The van der Waals surface area contributed by atoms with E-state index in [0.29, 0.717) is 26.2 Å². The fraction of sp³-hybridized carbons (Fsp3) is 0.900. The summed E-state index contributed by atoms with van der Waals surface area (Å²) >= 11 is -2.06. The zero-order chi connectivity index (χ0) is 13.1. The minimum atomic E-state index is -2.06. The molecule has 0 aromatic rings. The predicted octanol–water partition coefficient (Wildman–Crippen LogP) is 0.376. The van der Waals surface area contributed by atoms with Crippen LogP contribution in [0.1, 0.15) is 20.8 Å². The second-order valence-corrected chi connectivity index (χ2v) is 5.88. The molecule has 17 heavy (non-hydrogen) atoms. The van der Waals surface area contributed by atoms with Gasteiger partial charge in [0.05, 0.1) is 5.88 Å².